The average Bonchev–Trinajstić information content (AvgIpc) is 2.93. The summed E-state index contributed by atoms with van der Waals surface area (Å²) in [6.07, 6.45) is 7.29. The number of fused-ring (bicyclic) bond motifs is 1. The number of benzene rings is 1. The summed E-state index contributed by atoms with van der Waals surface area (Å²) in [5.74, 6) is 0.257. The largest absolute Gasteiger partial charge is 0.465 e. The van der Waals surface area contributed by atoms with Gasteiger partial charge in [-0.15, -0.1) is 0 Å². The SMILES string of the molecule is CCCN(CCCNC(=O)O)C(=O)C1=Cc2ccc(-c3cncnc3)cc2N=C(N)C1. The molecule has 3 rings (SSSR count). The molecule has 0 radical (unpaired) electrons. The molecule has 9 heteroatoms. The Morgan fingerprint density at radius 1 is 1.19 bits per heavy atom. The number of amides is 2. The first-order chi connectivity index (χ1) is 15.0. The number of carbonyl (C=O) groups is 2. The maximum Gasteiger partial charge on any atom is 0.404 e. The van der Waals surface area contributed by atoms with Gasteiger partial charge in [0.2, 0.25) is 5.91 Å². The molecule has 2 amide bonds. The van der Waals surface area contributed by atoms with Crippen LogP contribution in [0.3, 0.4) is 0 Å². The molecule has 1 aromatic carbocycles. The van der Waals surface area contributed by atoms with E-state index in [-0.39, 0.29) is 12.3 Å². The van der Waals surface area contributed by atoms with E-state index in [0.717, 1.165) is 23.1 Å². The predicted molar refractivity (Wildman–Crippen MR) is 119 cm³/mol. The molecule has 2 aromatic rings. The van der Waals surface area contributed by atoms with Crippen molar-refractivity contribution >= 4 is 29.6 Å². The zero-order valence-corrected chi connectivity index (χ0v) is 17.4. The fraction of sp³-hybridized carbons (Fsp3) is 0.318. The third kappa shape index (κ3) is 5.88. The summed E-state index contributed by atoms with van der Waals surface area (Å²) in [6.45, 7) is 3.33. The van der Waals surface area contributed by atoms with Gasteiger partial charge in [0.1, 0.15) is 12.2 Å². The predicted octanol–water partition coefficient (Wildman–Crippen LogP) is 2.82. The first-order valence-electron chi connectivity index (χ1n) is 10.2. The molecule has 0 saturated carbocycles. The summed E-state index contributed by atoms with van der Waals surface area (Å²) in [4.78, 5) is 38.2. The standard InChI is InChI=1S/C22H26N6O3/c1-2-7-28(8-3-6-26-22(30)31)21(29)17-9-16-5-4-15(18-12-24-14-25-13-18)10-19(16)27-20(23)11-17/h4-5,9-10,12-14,26H,2-3,6-8,11H2,1H3,(H2,23,27)(H,30,31). The van der Waals surface area contributed by atoms with Crippen LogP contribution in [0.1, 0.15) is 31.7 Å². The fourth-order valence-electron chi connectivity index (χ4n) is 3.41. The van der Waals surface area contributed by atoms with E-state index in [1.807, 2.05) is 31.2 Å². The van der Waals surface area contributed by atoms with Gasteiger partial charge >= 0.3 is 6.09 Å². The second-order valence-corrected chi connectivity index (χ2v) is 7.23. The Bertz CT molecular complexity index is 1000. The number of nitrogens with zero attached hydrogens (tertiary/aromatic N) is 4. The Kier molecular flexibility index (Phi) is 7.31. The number of rotatable bonds is 8. The lowest BCUT2D eigenvalue weighted by Crippen LogP contribution is -2.36. The van der Waals surface area contributed by atoms with E-state index in [0.29, 0.717) is 43.2 Å². The number of carbonyl (C=O) groups excluding carboxylic acids is 1. The molecule has 31 heavy (non-hydrogen) atoms. The second kappa shape index (κ2) is 10.3. The molecule has 2 heterocycles. The van der Waals surface area contributed by atoms with Crippen molar-refractivity contribution < 1.29 is 14.7 Å². The minimum absolute atomic E-state index is 0.108. The maximum atomic E-state index is 13.2. The Balaban J connectivity index is 1.83. The van der Waals surface area contributed by atoms with Crippen LogP contribution in [0.5, 0.6) is 0 Å². The highest BCUT2D eigenvalue weighted by Crippen LogP contribution is 2.31. The summed E-state index contributed by atoms with van der Waals surface area (Å²) in [5, 5.41) is 11.0. The topological polar surface area (TPSA) is 134 Å². The number of nitrogens with two attached hydrogens (primary N) is 1. The van der Waals surface area contributed by atoms with Crippen LogP contribution in [0.4, 0.5) is 10.5 Å². The number of carboxylic acid groups (broad SMARTS) is 1. The summed E-state index contributed by atoms with van der Waals surface area (Å²) in [6, 6.07) is 5.76. The van der Waals surface area contributed by atoms with Crippen LogP contribution in [-0.2, 0) is 4.79 Å². The zero-order valence-electron chi connectivity index (χ0n) is 17.4. The van der Waals surface area contributed by atoms with Gasteiger partial charge in [-0.05, 0) is 30.5 Å². The molecule has 0 aliphatic carbocycles. The second-order valence-electron chi connectivity index (χ2n) is 7.23. The van der Waals surface area contributed by atoms with Crippen LogP contribution in [-0.4, -0.2) is 57.4 Å². The van der Waals surface area contributed by atoms with E-state index < -0.39 is 6.09 Å². The first kappa shape index (κ1) is 21.9. The summed E-state index contributed by atoms with van der Waals surface area (Å²) < 4.78 is 0. The molecule has 0 atom stereocenters. The van der Waals surface area contributed by atoms with Crippen molar-refractivity contribution in [1.29, 1.82) is 0 Å². The van der Waals surface area contributed by atoms with Gasteiger partial charge in [0.15, 0.2) is 0 Å². The van der Waals surface area contributed by atoms with Crippen LogP contribution in [0.25, 0.3) is 17.2 Å². The number of amidine groups is 1. The number of nitrogens with one attached hydrogen (secondary N) is 1. The molecule has 0 unspecified atom stereocenters. The van der Waals surface area contributed by atoms with Crippen molar-refractivity contribution in [2.75, 3.05) is 19.6 Å². The highest BCUT2D eigenvalue weighted by molar-refractivity contribution is 6.05. The van der Waals surface area contributed by atoms with Crippen molar-refractivity contribution in [1.82, 2.24) is 20.2 Å². The van der Waals surface area contributed by atoms with Crippen LogP contribution >= 0.6 is 0 Å². The molecular formula is C22H26N6O3. The van der Waals surface area contributed by atoms with Gasteiger partial charge in [-0.2, -0.15) is 0 Å². The van der Waals surface area contributed by atoms with E-state index in [4.69, 9.17) is 10.8 Å². The maximum absolute atomic E-state index is 13.2. The Labute approximate surface area is 180 Å². The van der Waals surface area contributed by atoms with Gasteiger partial charge in [0.25, 0.3) is 0 Å². The van der Waals surface area contributed by atoms with E-state index in [1.54, 1.807) is 17.3 Å². The number of aromatic nitrogens is 2. The number of aliphatic imine (C=N–C) groups is 1. The Morgan fingerprint density at radius 3 is 2.68 bits per heavy atom. The average molecular weight is 422 g/mol. The monoisotopic (exact) mass is 422 g/mol. The minimum atomic E-state index is -1.07. The quantitative estimate of drug-likeness (QED) is 0.560. The third-order valence-corrected chi connectivity index (χ3v) is 4.83. The fourth-order valence-corrected chi connectivity index (χ4v) is 3.41. The van der Waals surface area contributed by atoms with Crippen molar-refractivity contribution in [3.63, 3.8) is 0 Å². The van der Waals surface area contributed by atoms with Crippen LogP contribution in [0.2, 0.25) is 0 Å². The molecule has 1 aromatic heterocycles. The molecule has 9 nitrogen and oxygen atoms in total. The molecule has 162 valence electrons. The van der Waals surface area contributed by atoms with E-state index in [2.05, 4.69) is 20.3 Å². The molecule has 0 fully saturated rings. The van der Waals surface area contributed by atoms with Crippen molar-refractivity contribution in [2.45, 2.75) is 26.2 Å². The van der Waals surface area contributed by atoms with Gasteiger partial charge in [0, 0.05) is 55.1 Å². The highest BCUT2D eigenvalue weighted by Gasteiger charge is 2.21. The Hall–Kier alpha value is -3.75. The summed E-state index contributed by atoms with van der Waals surface area (Å²) >= 11 is 0. The molecule has 1 aliphatic heterocycles. The van der Waals surface area contributed by atoms with Gasteiger partial charge < -0.3 is 21.1 Å². The van der Waals surface area contributed by atoms with Crippen LogP contribution in [0, 0.1) is 0 Å². The highest BCUT2D eigenvalue weighted by atomic mass is 16.4. The van der Waals surface area contributed by atoms with Crippen molar-refractivity contribution in [2.24, 2.45) is 10.7 Å². The lowest BCUT2D eigenvalue weighted by atomic mass is 10.0. The molecular weight excluding hydrogens is 396 g/mol. The van der Waals surface area contributed by atoms with Crippen LogP contribution in [0.15, 0.2) is 47.5 Å². The van der Waals surface area contributed by atoms with Crippen LogP contribution < -0.4 is 11.1 Å². The zero-order chi connectivity index (χ0) is 22.2. The van der Waals surface area contributed by atoms with E-state index >= 15 is 0 Å². The molecule has 0 bridgehead atoms. The molecule has 1 aliphatic rings. The van der Waals surface area contributed by atoms with Gasteiger partial charge in [-0.25, -0.2) is 19.8 Å². The van der Waals surface area contributed by atoms with Gasteiger partial charge in [-0.3, -0.25) is 4.79 Å². The minimum Gasteiger partial charge on any atom is -0.465 e. The first-order valence-corrected chi connectivity index (χ1v) is 10.2. The molecule has 0 spiro atoms. The van der Waals surface area contributed by atoms with Gasteiger partial charge in [0.05, 0.1) is 5.69 Å². The molecule has 4 N–H and O–H groups in total. The van der Waals surface area contributed by atoms with E-state index in [9.17, 15) is 9.59 Å². The molecule has 0 saturated heterocycles. The normalized spacial score (nSPS) is 12.8. The summed E-state index contributed by atoms with van der Waals surface area (Å²) in [5.41, 5.74) is 9.98. The lowest BCUT2D eigenvalue weighted by Gasteiger charge is -2.23. The van der Waals surface area contributed by atoms with Crippen molar-refractivity contribution in [3.8, 4) is 11.1 Å². The number of hydrogen-bond donors (Lipinski definition) is 3. The smallest absolute Gasteiger partial charge is 0.404 e. The third-order valence-electron chi connectivity index (χ3n) is 4.83. The Morgan fingerprint density at radius 2 is 1.97 bits per heavy atom. The van der Waals surface area contributed by atoms with E-state index in [1.165, 1.54) is 6.33 Å². The van der Waals surface area contributed by atoms with Gasteiger partial charge in [-0.1, -0.05) is 19.1 Å². The lowest BCUT2D eigenvalue weighted by molar-refractivity contribution is -0.127. The van der Waals surface area contributed by atoms with Crippen molar-refractivity contribution in [3.05, 3.63) is 48.1 Å². The number of hydrogen-bond acceptors (Lipinski definition) is 6. The summed E-state index contributed by atoms with van der Waals surface area (Å²) in [7, 11) is 0.